The van der Waals surface area contributed by atoms with E-state index in [4.69, 9.17) is 14.9 Å². The largest absolute Gasteiger partial charge is 0.489 e. The minimum Gasteiger partial charge on any atom is -0.489 e. The Morgan fingerprint density at radius 3 is 2.76 bits per heavy atom. The lowest BCUT2D eigenvalue weighted by Crippen LogP contribution is -2.02. The molecule has 3 nitrogen and oxygen atoms in total. The molecule has 108 valence electrons. The first-order valence-corrected chi connectivity index (χ1v) is 6.77. The molecule has 0 saturated heterocycles. The number of furan rings is 1. The summed E-state index contributed by atoms with van der Waals surface area (Å²) >= 11 is 0. The minimum atomic E-state index is -0.274. The SMILES string of the molecule is Cc1ccc(OCc2c(CN)oc3ccccc23)cc1F. The summed E-state index contributed by atoms with van der Waals surface area (Å²) in [7, 11) is 0. The third kappa shape index (κ3) is 2.62. The van der Waals surface area contributed by atoms with Crippen molar-refractivity contribution < 1.29 is 13.5 Å². The number of hydrogen-bond acceptors (Lipinski definition) is 3. The Labute approximate surface area is 122 Å². The normalized spacial score (nSPS) is 11.0. The van der Waals surface area contributed by atoms with Crippen molar-refractivity contribution in [1.82, 2.24) is 0 Å². The van der Waals surface area contributed by atoms with Crippen molar-refractivity contribution in [1.29, 1.82) is 0 Å². The van der Waals surface area contributed by atoms with E-state index in [2.05, 4.69) is 0 Å². The van der Waals surface area contributed by atoms with Gasteiger partial charge in [0, 0.05) is 17.0 Å². The van der Waals surface area contributed by atoms with Crippen LogP contribution >= 0.6 is 0 Å². The van der Waals surface area contributed by atoms with Crippen LogP contribution in [0.1, 0.15) is 16.9 Å². The summed E-state index contributed by atoms with van der Waals surface area (Å²) in [6.45, 7) is 2.32. The Balaban J connectivity index is 1.89. The monoisotopic (exact) mass is 285 g/mol. The molecule has 0 bridgehead atoms. The predicted molar refractivity (Wildman–Crippen MR) is 79.6 cm³/mol. The van der Waals surface area contributed by atoms with Crippen molar-refractivity contribution in [3.05, 3.63) is 65.2 Å². The molecule has 0 aliphatic carbocycles. The Morgan fingerprint density at radius 2 is 2.00 bits per heavy atom. The summed E-state index contributed by atoms with van der Waals surface area (Å²) in [4.78, 5) is 0. The van der Waals surface area contributed by atoms with Gasteiger partial charge in [0.05, 0.1) is 6.54 Å². The minimum absolute atomic E-state index is 0.274. The first kappa shape index (κ1) is 13.6. The molecule has 21 heavy (non-hydrogen) atoms. The molecule has 0 aliphatic heterocycles. The average Bonchev–Trinajstić information content (AvgIpc) is 2.86. The molecule has 2 aromatic carbocycles. The molecular weight excluding hydrogens is 269 g/mol. The van der Waals surface area contributed by atoms with Gasteiger partial charge >= 0.3 is 0 Å². The van der Waals surface area contributed by atoms with Gasteiger partial charge in [0.15, 0.2) is 0 Å². The Morgan fingerprint density at radius 1 is 1.19 bits per heavy atom. The molecule has 4 heteroatoms. The standard InChI is InChI=1S/C17H16FNO2/c1-11-6-7-12(8-15(11)18)20-10-14-13-4-2-3-5-16(13)21-17(14)9-19/h2-8H,9-10,19H2,1H3. The lowest BCUT2D eigenvalue weighted by atomic mass is 10.1. The molecule has 0 spiro atoms. The molecule has 0 saturated carbocycles. The number of nitrogens with two attached hydrogens (primary N) is 1. The fraction of sp³-hybridized carbons (Fsp3) is 0.176. The van der Waals surface area contributed by atoms with Crippen molar-refractivity contribution in [2.75, 3.05) is 0 Å². The zero-order valence-electron chi connectivity index (χ0n) is 11.7. The lowest BCUT2D eigenvalue weighted by molar-refractivity contribution is 0.302. The molecule has 1 heterocycles. The summed E-state index contributed by atoms with van der Waals surface area (Å²) in [5, 5.41) is 0.977. The van der Waals surface area contributed by atoms with E-state index in [0.29, 0.717) is 30.2 Å². The number of ether oxygens (including phenoxy) is 1. The summed E-state index contributed by atoms with van der Waals surface area (Å²) < 4.78 is 24.9. The van der Waals surface area contributed by atoms with Crippen LogP contribution in [0.4, 0.5) is 4.39 Å². The predicted octanol–water partition coefficient (Wildman–Crippen LogP) is 3.92. The van der Waals surface area contributed by atoms with Crippen molar-refractivity contribution in [3.8, 4) is 5.75 Å². The Hall–Kier alpha value is -2.33. The van der Waals surface area contributed by atoms with Crippen LogP contribution < -0.4 is 10.5 Å². The van der Waals surface area contributed by atoms with Gasteiger partial charge in [0.2, 0.25) is 0 Å². The second-order valence-electron chi connectivity index (χ2n) is 4.90. The van der Waals surface area contributed by atoms with Crippen molar-refractivity contribution in [3.63, 3.8) is 0 Å². The number of fused-ring (bicyclic) bond motifs is 1. The first-order valence-electron chi connectivity index (χ1n) is 6.77. The molecule has 0 unspecified atom stereocenters. The Kier molecular flexibility index (Phi) is 3.62. The van der Waals surface area contributed by atoms with Crippen molar-refractivity contribution >= 4 is 11.0 Å². The van der Waals surface area contributed by atoms with Gasteiger partial charge in [0.25, 0.3) is 0 Å². The molecule has 3 rings (SSSR count). The van der Waals surface area contributed by atoms with Gasteiger partial charge in [-0.3, -0.25) is 0 Å². The van der Waals surface area contributed by atoms with Crippen LogP contribution in [0.5, 0.6) is 5.75 Å². The molecule has 0 aliphatic rings. The lowest BCUT2D eigenvalue weighted by Gasteiger charge is -2.07. The van der Waals surface area contributed by atoms with E-state index in [1.807, 2.05) is 24.3 Å². The molecule has 0 atom stereocenters. The van der Waals surface area contributed by atoms with Crippen molar-refractivity contribution in [2.45, 2.75) is 20.1 Å². The molecule has 2 N–H and O–H groups in total. The van der Waals surface area contributed by atoms with Crippen LogP contribution in [-0.4, -0.2) is 0 Å². The smallest absolute Gasteiger partial charge is 0.134 e. The third-order valence-corrected chi connectivity index (χ3v) is 3.49. The summed E-state index contributed by atoms with van der Waals surface area (Å²) in [5.74, 6) is 0.915. The quantitative estimate of drug-likeness (QED) is 0.790. The van der Waals surface area contributed by atoms with Gasteiger partial charge in [-0.1, -0.05) is 24.3 Å². The van der Waals surface area contributed by atoms with Gasteiger partial charge in [-0.2, -0.15) is 0 Å². The zero-order valence-corrected chi connectivity index (χ0v) is 11.7. The maximum atomic E-state index is 13.5. The molecular formula is C17H16FNO2. The summed E-state index contributed by atoms with van der Waals surface area (Å²) in [6, 6.07) is 12.5. The van der Waals surface area contributed by atoms with Gasteiger partial charge < -0.3 is 14.9 Å². The van der Waals surface area contributed by atoms with Crippen LogP contribution in [-0.2, 0) is 13.2 Å². The summed E-state index contributed by atoms with van der Waals surface area (Å²) in [6.07, 6.45) is 0. The fourth-order valence-electron chi connectivity index (χ4n) is 2.29. The second-order valence-corrected chi connectivity index (χ2v) is 4.90. The molecule has 0 amide bonds. The van der Waals surface area contributed by atoms with Crippen LogP contribution in [0.3, 0.4) is 0 Å². The highest BCUT2D eigenvalue weighted by Gasteiger charge is 2.13. The van der Waals surface area contributed by atoms with E-state index in [-0.39, 0.29) is 5.82 Å². The van der Waals surface area contributed by atoms with E-state index in [1.54, 1.807) is 19.1 Å². The third-order valence-electron chi connectivity index (χ3n) is 3.49. The van der Waals surface area contributed by atoms with E-state index >= 15 is 0 Å². The zero-order chi connectivity index (χ0) is 14.8. The molecule has 3 aromatic rings. The number of halogens is 1. The van der Waals surface area contributed by atoms with Crippen molar-refractivity contribution in [2.24, 2.45) is 5.73 Å². The Bertz CT molecular complexity index is 780. The number of hydrogen-bond donors (Lipinski definition) is 1. The molecule has 1 aromatic heterocycles. The van der Waals surface area contributed by atoms with E-state index < -0.39 is 0 Å². The molecule has 0 radical (unpaired) electrons. The van der Waals surface area contributed by atoms with Crippen LogP contribution in [0.2, 0.25) is 0 Å². The highest BCUT2D eigenvalue weighted by molar-refractivity contribution is 5.82. The molecule has 0 fully saturated rings. The van der Waals surface area contributed by atoms with Gasteiger partial charge in [-0.15, -0.1) is 0 Å². The van der Waals surface area contributed by atoms with Gasteiger partial charge in [-0.25, -0.2) is 4.39 Å². The van der Waals surface area contributed by atoms with Crippen LogP contribution in [0.25, 0.3) is 11.0 Å². The highest BCUT2D eigenvalue weighted by Crippen LogP contribution is 2.27. The highest BCUT2D eigenvalue weighted by atomic mass is 19.1. The average molecular weight is 285 g/mol. The van der Waals surface area contributed by atoms with E-state index in [1.165, 1.54) is 6.07 Å². The number of aryl methyl sites for hydroxylation is 1. The maximum absolute atomic E-state index is 13.5. The van der Waals surface area contributed by atoms with E-state index in [9.17, 15) is 4.39 Å². The van der Waals surface area contributed by atoms with Crippen LogP contribution in [0.15, 0.2) is 46.9 Å². The topological polar surface area (TPSA) is 48.4 Å². The number of benzene rings is 2. The first-order chi connectivity index (χ1) is 10.2. The second kappa shape index (κ2) is 5.58. The van der Waals surface area contributed by atoms with E-state index in [0.717, 1.165) is 16.5 Å². The number of para-hydroxylation sites is 1. The van der Waals surface area contributed by atoms with Crippen LogP contribution in [0, 0.1) is 12.7 Å². The fourth-order valence-corrected chi connectivity index (χ4v) is 2.29. The maximum Gasteiger partial charge on any atom is 0.134 e. The summed E-state index contributed by atoms with van der Waals surface area (Å²) in [5.41, 5.74) is 8.01. The number of rotatable bonds is 4. The van der Waals surface area contributed by atoms with Gasteiger partial charge in [-0.05, 0) is 24.6 Å². The van der Waals surface area contributed by atoms with Gasteiger partial charge in [0.1, 0.15) is 29.5 Å².